The van der Waals surface area contributed by atoms with Crippen LogP contribution < -0.4 is 10.5 Å². The molecule has 2 rings (SSSR count). The van der Waals surface area contributed by atoms with Crippen molar-refractivity contribution < 1.29 is 8.42 Å². The van der Waals surface area contributed by atoms with Gasteiger partial charge in [-0.25, -0.2) is 13.4 Å². The van der Waals surface area contributed by atoms with Gasteiger partial charge < -0.3 is 5.73 Å². The third-order valence-corrected chi connectivity index (χ3v) is 5.77. The zero-order chi connectivity index (χ0) is 13.3. The van der Waals surface area contributed by atoms with Gasteiger partial charge in [0, 0.05) is 15.5 Å². The van der Waals surface area contributed by atoms with E-state index in [2.05, 4.69) is 25.6 Å². The zero-order valence-electron chi connectivity index (χ0n) is 9.34. The standard InChI is InChI=1S/C10H10BrN3O2S2/c1-6-8(11)2-3-9(13-6)14-18(15,16)10-4-7(12)5-17-10/h2-5H,12H2,1H3,(H,13,14). The molecule has 96 valence electrons. The van der Waals surface area contributed by atoms with Crippen LogP contribution in [0.5, 0.6) is 0 Å². The Hall–Kier alpha value is -1.12. The average molecular weight is 348 g/mol. The van der Waals surface area contributed by atoms with Crippen molar-refractivity contribution in [1.82, 2.24) is 4.98 Å². The number of rotatable bonds is 3. The number of sulfonamides is 1. The van der Waals surface area contributed by atoms with Gasteiger partial charge in [-0.05, 0) is 41.1 Å². The Bertz CT molecular complexity index is 682. The van der Waals surface area contributed by atoms with E-state index in [0.717, 1.165) is 15.8 Å². The Morgan fingerprint density at radius 3 is 2.72 bits per heavy atom. The summed E-state index contributed by atoms with van der Waals surface area (Å²) in [5.74, 6) is 0.280. The largest absolute Gasteiger partial charge is 0.398 e. The van der Waals surface area contributed by atoms with Crippen molar-refractivity contribution in [3.63, 3.8) is 0 Å². The van der Waals surface area contributed by atoms with Crippen molar-refractivity contribution in [1.29, 1.82) is 0 Å². The summed E-state index contributed by atoms with van der Waals surface area (Å²) in [7, 11) is -3.61. The third kappa shape index (κ3) is 2.82. The van der Waals surface area contributed by atoms with Crippen molar-refractivity contribution in [3.8, 4) is 0 Å². The first kappa shape index (κ1) is 13.3. The van der Waals surface area contributed by atoms with Gasteiger partial charge in [0.15, 0.2) is 0 Å². The zero-order valence-corrected chi connectivity index (χ0v) is 12.6. The minimum Gasteiger partial charge on any atom is -0.398 e. The Morgan fingerprint density at radius 1 is 1.44 bits per heavy atom. The van der Waals surface area contributed by atoms with E-state index < -0.39 is 10.0 Å². The lowest BCUT2D eigenvalue weighted by Crippen LogP contribution is -2.12. The Kier molecular flexibility index (Phi) is 3.60. The highest BCUT2D eigenvalue weighted by atomic mass is 79.9. The highest BCUT2D eigenvalue weighted by Crippen LogP contribution is 2.24. The van der Waals surface area contributed by atoms with Gasteiger partial charge in [-0.1, -0.05) is 0 Å². The molecular formula is C10H10BrN3O2S2. The van der Waals surface area contributed by atoms with Gasteiger partial charge in [0.25, 0.3) is 10.0 Å². The molecule has 5 nitrogen and oxygen atoms in total. The van der Waals surface area contributed by atoms with Crippen LogP contribution >= 0.6 is 27.3 Å². The number of halogens is 1. The van der Waals surface area contributed by atoms with Gasteiger partial charge in [-0.3, -0.25) is 4.72 Å². The molecule has 0 radical (unpaired) electrons. The Morgan fingerprint density at radius 2 is 2.17 bits per heavy atom. The molecule has 0 fully saturated rings. The fraction of sp³-hybridized carbons (Fsp3) is 0.100. The van der Waals surface area contributed by atoms with E-state index in [-0.39, 0.29) is 10.0 Å². The van der Waals surface area contributed by atoms with E-state index in [1.54, 1.807) is 24.4 Å². The second-order valence-corrected chi connectivity index (χ2v) is 7.24. The van der Waals surface area contributed by atoms with Crippen LogP contribution in [0.3, 0.4) is 0 Å². The normalized spacial score (nSPS) is 11.4. The predicted molar refractivity (Wildman–Crippen MR) is 76.2 cm³/mol. The minimum absolute atomic E-state index is 0.169. The van der Waals surface area contributed by atoms with E-state index in [1.807, 2.05) is 0 Å². The van der Waals surface area contributed by atoms with Gasteiger partial charge in [-0.2, -0.15) is 0 Å². The molecule has 2 aromatic heterocycles. The summed E-state index contributed by atoms with van der Waals surface area (Å²) in [4.78, 5) is 4.13. The fourth-order valence-electron chi connectivity index (χ4n) is 1.26. The lowest BCUT2D eigenvalue weighted by molar-refractivity contribution is 0.603. The topological polar surface area (TPSA) is 85.1 Å². The molecule has 18 heavy (non-hydrogen) atoms. The summed E-state index contributed by atoms with van der Waals surface area (Å²) in [5, 5.41) is 1.58. The second-order valence-electron chi connectivity index (χ2n) is 3.57. The van der Waals surface area contributed by atoms with Crippen molar-refractivity contribution in [2.45, 2.75) is 11.1 Å². The lowest BCUT2D eigenvalue weighted by atomic mass is 10.4. The number of aryl methyl sites for hydroxylation is 1. The summed E-state index contributed by atoms with van der Waals surface area (Å²) in [6.07, 6.45) is 0. The summed E-state index contributed by atoms with van der Waals surface area (Å²) in [6.45, 7) is 1.78. The molecule has 8 heteroatoms. The Balaban J connectivity index is 2.30. The number of nitrogens with two attached hydrogens (primary N) is 1. The summed E-state index contributed by atoms with van der Waals surface area (Å²) < 4.78 is 27.4. The molecule has 0 aliphatic heterocycles. The third-order valence-electron chi connectivity index (χ3n) is 2.12. The number of hydrogen-bond acceptors (Lipinski definition) is 5. The smallest absolute Gasteiger partial charge is 0.272 e. The summed E-state index contributed by atoms with van der Waals surface area (Å²) in [6, 6.07) is 4.74. The molecule has 0 bridgehead atoms. The SMILES string of the molecule is Cc1nc(NS(=O)(=O)c2cc(N)cs2)ccc1Br. The molecule has 0 aliphatic rings. The summed E-state index contributed by atoms with van der Waals surface area (Å²) >= 11 is 4.37. The van der Waals surface area contributed by atoms with Gasteiger partial charge >= 0.3 is 0 Å². The molecule has 2 aromatic rings. The van der Waals surface area contributed by atoms with Crippen LogP contribution in [0.2, 0.25) is 0 Å². The molecule has 0 saturated carbocycles. The second kappa shape index (κ2) is 4.87. The highest BCUT2D eigenvalue weighted by Gasteiger charge is 2.17. The number of nitrogens with zero attached hydrogens (tertiary/aromatic N) is 1. The number of aromatic nitrogens is 1. The number of nitrogen functional groups attached to an aromatic ring is 1. The van der Waals surface area contributed by atoms with E-state index in [1.165, 1.54) is 6.07 Å². The first-order valence-corrected chi connectivity index (χ1v) is 8.04. The molecule has 0 spiro atoms. The quantitative estimate of drug-likeness (QED) is 0.893. The van der Waals surface area contributed by atoms with E-state index in [0.29, 0.717) is 11.4 Å². The van der Waals surface area contributed by atoms with E-state index >= 15 is 0 Å². The molecule has 2 heterocycles. The molecule has 0 aliphatic carbocycles. The molecule has 0 aromatic carbocycles. The number of pyridine rings is 1. The molecule has 0 saturated heterocycles. The van der Waals surface area contributed by atoms with Gasteiger partial charge in [0.2, 0.25) is 0 Å². The van der Waals surface area contributed by atoms with E-state index in [4.69, 9.17) is 5.73 Å². The molecule has 0 amide bonds. The maximum Gasteiger partial charge on any atom is 0.272 e. The molecule has 0 unspecified atom stereocenters. The molecular weight excluding hydrogens is 338 g/mol. The number of anilines is 2. The minimum atomic E-state index is -3.61. The summed E-state index contributed by atoms with van der Waals surface area (Å²) in [5.41, 5.74) is 6.65. The van der Waals surface area contributed by atoms with Gasteiger partial charge in [0.1, 0.15) is 10.0 Å². The Labute approximate surface area is 117 Å². The molecule has 0 atom stereocenters. The van der Waals surface area contributed by atoms with E-state index in [9.17, 15) is 8.42 Å². The first-order chi connectivity index (χ1) is 8.38. The van der Waals surface area contributed by atoms with Gasteiger partial charge in [-0.15, -0.1) is 11.3 Å². The maximum absolute atomic E-state index is 12.0. The van der Waals surface area contributed by atoms with Crippen LogP contribution in [0.4, 0.5) is 11.5 Å². The predicted octanol–water partition coefficient (Wildman–Crippen LogP) is 2.60. The number of hydrogen-bond donors (Lipinski definition) is 2. The van der Waals surface area contributed by atoms with Gasteiger partial charge in [0.05, 0.1) is 5.69 Å². The first-order valence-electron chi connectivity index (χ1n) is 4.88. The van der Waals surface area contributed by atoms with Crippen molar-refractivity contribution in [3.05, 3.63) is 33.7 Å². The maximum atomic E-state index is 12.0. The van der Waals surface area contributed by atoms with Crippen LogP contribution in [-0.2, 0) is 10.0 Å². The van der Waals surface area contributed by atoms with Crippen LogP contribution in [0.1, 0.15) is 5.69 Å². The van der Waals surface area contributed by atoms with Crippen molar-refractivity contribution in [2.75, 3.05) is 10.5 Å². The van der Waals surface area contributed by atoms with Crippen LogP contribution in [-0.4, -0.2) is 13.4 Å². The van der Waals surface area contributed by atoms with Crippen LogP contribution in [0.15, 0.2) is 32.3 Å². The number of thiophene rings is 1. The average Bonchev–Trinajstić information content (AvgIpc) is 2.71. The number of nitrogens with one attached hydrogen (secondary N) is 1. The lowest BCUT2D eigenvalue weighted by Gasteiger charge is -2.06. The van der Waals surface area contributed by atoms with Crippen LogP contribution in [0.25, 0.3) is 0 Å². The van der Waals surface area contributed by atoms with Crippen molar-refractivity contribution in [2.24, 2.45) is 0 Å². The fourth-order valence-corrected chi connectivity index (χ4v) is 3.56. The highest BCUT2D eigenvalue weighted by molar-refractivity contribution is 9.10. The van der Waals surface area contributed by atoms with Crippen LogP contribution in [0, 0.1) is 6.92 Å². The van der Waals surface area contributed by atoms with Crippen molar-refractivity contribution >= 4 is 48.8 Å². The monoisotopic (exact) mass is 347 g/mol. The molecule has 3 N–H and O–H groups in total.